The van der Waals surface area contributed by atoms with E-state index in [1.165, 1.54) is 11.1 Å². The molecule has 148 valence electrons. The van der Waals surface area contributed by atoms with Gasteiger partial charge in [0.2, 0.25) is 5.91 Å². The van der Waals surface area contributed by atoms with E-state index in [1.807, 2.05) is 36.4 Å². The summed E-state index contributed by atoms with van der Waals surface area (Å²) in [4.78, 5) is 17.2. The van der Waals surface area contributed by atoms with Gasteiger partial charge in [0.05, 0.1) is 18.1 Å². The van der Waals surface area contributed by atoms with Gasteiger partial charge in [-0.25, -0.2) is 8.42 Å². The first-order valence-electron chi connectivity index (χ1n) is 9.83. The fraction of sp³-hybridized carbons (Fsp3) is 0.409. The Bertz CT molecular complexity index is 943. The molecule has 5 nitrogen and oxygen atoms in total. The molecule has 6 heteroatoms. The molecule has 0 radical (unpaired) electrons. The van der Waals surface area contributed by atoms with Crippen molar-refractivity contribution in [1.82, 2.24) is 9.80 Å². The summed E-state index contributed by atoms with van der Waals surface area (Å²) in [5, 5.41) is 0. The van der Waals surface area contributed by atoms with E-state index in [-0.39, 0.29) is 23.5 Å². The van der Waals surface area contributed by atoms with Crippen molar-refractivity contribution in [3.8, 4) is 0 Å². The monoisotopic (exact) mass is 398 g/mol. The first-order chi connectivity index (χ1) is 13.5. The van der Waals surface area contributed by atoms with Crippen molar-refractivity contribution in [1.29, 1.82) is 0 Å². The van der Waals surface area contributed by atoms with Crippen molar-refractivity contribution < 1.29 is 13.2 Å². The van der Waals surface area contributed by atoms with Gasteiger partial charge in [-0.2, -0.15) is 0 Å². The third kappa shape index (κ3) is 4.45. The number of benzene rings is 2. The van der Waals surface area contributed by atoms with Gasteiger partial charge < -0.3 is 4.90 Å². The van der Waals surface area contributed by atoms with Gasteiger partial charge in [0.1, 0.15) is 0 Å². The van der Waals surface area contributed by atoms with Crippen LogP contribution in [0.15, 0.2) is 54.6 Å². The number of sulfone groups is 1. The molecule has 0 aliphatic carbocycles. The molecule has 0 N–H and O–H groups in total. The molecule has 1 fully saturated rings. The summed E-state index contributed by atoms with van der Waals surface area (Å²) in [6.07, 6.45) is 1.48. The van der Waals surface area contributed by atoms with Gasteiger partial charge in [0.15, 0.2) is 9.84 Å². The summed E-state index contributed by atoms with van der Waals surface area (Å²) >= 11 is 0. The molecule has 0 bridgehead atoms. The van der Waals surface area contributed by atoms with E-state index in [0.717, 1.165) is 25.1 Å². The van der Waals surface area contributed by atoms with Crippen LogP contribution in [0.1, 0.15) is 23.1 Å². The predicted octanol–water partition coefficient (Wildman–Crippen LogP) is 2.26. The van der Waals surface area contributed by atoms with Gasteiger partial charge in [-0.1, -0.05) is 54.6 Å². The minimum absolute atomic E-state index is 0.0188. The van der Waals surface area contributed by atoms with Gasteiger partial charge in [0.25, 0.3) is 0 Å². The first-order valence-corrected chi connectivity index (χ1v) is 11.7. The lowest BCUT2D eigenvalue weighted by molar-refractivity contribution is -0.135. The summed E-state index contributed by atoms with van der Waals surface area (Å²) in [5.41, 5.74) is 3.66. The molecule has 4 rings (SSSR count). The number of carbonyl (C=O) groups excluding carboxylic acids is 1. The molecule has 0 unspecified atom stereocenters. The van der Waals surface area contributed by atoms with Crippen LogP contribution in [-0.4, -0.2) is 54.8 Å². The molecule has 2 aromatic carbocycles. The highest BCUT2D eigenvalue weighted by molar-refractivity contribution is 7.91. The van der Waals surface area contributed by atoms with Crippen LogP contribution in [0.2, 0.25) is 0 Å². The normalized spacial score (nSPS) is 21.2. The minimum Gasteiger partial charge on any atom is -0.333 e. The second kappa shape index (κ2) is 8.05. The second-order valence-corrected chi connectivity index (χ2v) is 10.0. The Morgan fingerprint density at radius 3 is 2.46 bits per heavy atom. The van der Waals surface area contributed by atoms with Crippen LogP contribution in [0.5, 0.6) is 0 Å². The number of rotatable bonds is 5. The zero-order valence-electron chi connectivity index (χ0n) is 16.0. The Hall–Kier alpha value is -2.18. The van der Waals surface area contributed by atoms with Crippen LogP contribution < -0.4 is 0 Å². The van der Waals surface area contributed by atoms with Gasteiger partial charge in [0, 0.05) is 25.7 Å². The quantitative estimate of drug-likeness (QED) is 0.775. The fourth-order valence-electron chi connectivity index (χ4n) is 4.19. The summed E-state index contributed by atoms with van der Waals surface area (Å²) in [5.74, 6) is 0.271. The number of carbonyl (C=O) groups is 1. The van der Waals surface area contributed by atoms with Gasteiger partial charge >= 0.3 is 0 Å². The molecule has 2 heterocycles. The fourth-order valence-corrected chi connectivity index (χ4v) is 5.92. The van der Waals surface area contributed by atoms with Crippen LogP contribution in [0.25, 0.3) is 0 Å². The van der Waals surface area contributed by atoms with Gasteiger partial charge in [-0.3, -0.25) is 9.69 Å². The third-order valence-corrected chi connectivity index (χ3v) is 7.48. The number of amides is 1. The minimum atomic E-state index is -3.05. The highest BCUT2D eigenvalue weighted by Crippen LogP contribution is 2.22. The summed E-state index contributed by atoms with van der Waals surface area (Å²) < 4.78 is 24.0. The molecule has 1 amide bonds. The molecular formula is C22H26N2O3S. The van der Waals surface area contributed by atoms with Crippen LogP contribution in [0, 0.1) is 0 Å². The maximum absolute atomic E-state index is 13.2. The smallest absolute Gasteiger partial charge is 0.237 e. The first kappa shape index (κ1) is 19.2. The topological polar surface area (TPSA) is 57.7 Å². The zero-order chi connectivity index (χ0) is 19.6. The van der Waals surface area contributed by atoms with Crippen molar-refractivity contribution in [3.63, 3.8) is 0 Å². The average molecular weight is 399 g/mol. The number of fused-ring (bicyclic) bond motifs is 1. The summed E-state index contributed by atoms with van der Waals surface area (Å²) in [6, 6.07) is 18.0. The number of hydrogen-bond donors (Lipinski definition) is 0. The average Bonchev–Trinajstić information content (AvgIpc) is 3.06. The van der Waals surface area contributed by atoms with Crippen molar-refractivity contribution in [3.05, 3.63) is 71.3 Å². The van der Waals surface area contributed by atoms with E-state index in [1.54, 1.807) is 4.90 Å². The molecule has 1 atom stereocenters. The summed E-state index contributed by atoms with van der Waals surface area (Å²) in [6.45, 7) is 2.41. The molecule has 0 spiro atoms. The van der Waals surface area contributed by atoms with Crippen LogP contribution in [0.3, 0.4) is 0 Å². The van der Waals surface area contributed by atoms with E-state index < -0.39 is 9.84 Å². The van der Waals surface area contributed by atoms with Gasteiger partial charge in [-0.15, -0.1) is 0 Å². The zero-order valence-corrected chi connectivity index (χ0v) is 16.8. The van der Waals surface area contributed by atoms with E-state index in [2.05, 4.69) is 23.1 Å². The Kier molecular flexibility index (Phi) is 5.51. The highest BCUT2D eigenvalue weighted by Gasteiger charge is 2.35. The maximum Gasteiger partial charge on any atom is 0.237 e. The van der Waals surface area contributed by atoms with Crippen molar-refractivity contribution in [2.75, 3.05) is 24.6 Å². The lowest BCUT2D eigenvalue weighted by Crippen LogP contribution is -2.46. The third-order valence-electron chi connectivity index (χ3n) is 5.73. The second-order valence-electron chi connectivity index (χ2n) is 7.79. The molecular weight excluding hydrogens is 372 g/mol. The number of hydrogen-bond acceptors (Lipinski definition) is 4. The van der Waals surface area contributed by atoms with E-state index in [4.69, 9.17) is 0 Å². The Morgan fingerprint density at radius 1 is 1.04 bits per heavy atom. The SMILES string of the molecule is O=C(CN1CCc2ccccc2C1)N(Cc1ccccc1)[C@@H]1CCS(=O)(=O)C1. The van der Waals surface area contributed by atoms with E-state index in [9.17, 15) is 13.2 Å². The number of nitrogens with zero attached hydrogens (tertiary/aromatic N) is 2. The molecule has 2 aliphatic heterocycles. The molecule has 0 aromatic heterocycles. The molecule has 2 aromatic rings. The van der Waals surface area contributed by atoms with Crippen molar-refractivity contribution >= 4 is 15.7 Å². The highest BCUT2D eigenvalue weighted by atomic mass is 32.2. The molecule has 0 saturated carbocycles. The standard InChI is InChI=1S/C22H26N2O3S/c25-22(16-23-12-10-19-8-4-5-9-20(19)15-23)24(14-18-6-2-1-3-7-18)21-11-13-28(26,27)17-21/h1-9,21H,10-17H2/t21-/m1/s1. The van der Waals surface area contributed by atoms with E-state index >= 15 is 0 Å². The lowest BCUT2D eigenvalue weighted by atomic mass is 10.00. The van der Waals surface area contributed by atoms with Crippen LogP contribution >= 0.6 is 0 Å². The van der Waals surface area contributed by atoms with Crippen LogP contribution in [0.4, 0.5) is 0 Å². The maximum atomic E-state index is 13.2. The lowest BCUT2D eigenvalue weighted by Gasteiger charge is -2.33. The van der Waals surface area contributed by atoms with Gasteiger partial charge in [-0.05, 0) is 29.5 Å². The van der Waals surface area contributed by atoms with Crippen LogP contribution in [-0.2, 0) is 34.1 Å². The molecule has 2 aliphatic rings. The van der Waals surface area contributed by atoms with Crippen molar-refractivity contribution in [2.45, 2.75) is 32.0 Å². The Labute approximate surface area is 166 Å². The predicted molar refractivity (Wildman–Crippen MR) is 109 cm³/mol. The largest absolute Gasteiger partial charge is 0.333 e. The summed E-state index contributed by atoms with van der Waals surface area (Å²) in [7, 11) is -3.05. The Balaban J connectivity index is 1.48. The molecule has 28 heavy (non-hydrogen) atoms. The van der Waals surface area contributed by atoms with Crippen molar-refractivity contribution in [2.24, 2.45) is 0 Å². The Morgan fingerprint density at radius 2 is 1.75 bits per heavy atom. The molecule has 1 saturated heterocycles. The van der Waals surface area contributed by atoms with E-state index in [0.29, 0.717) is 19.5 Å².